The number of sulfone groups is 1. The van der Waals surface area contributed by atoms with E-state index in [4.69, 9.17) is 5.11 Å². The van der Waals surface area contributed by atoms with E-state index in [1.54, 1.807) is 0 Å². The second-order valence-corrected chi connectivity index (χ2v) is 6.95. The largest absolute Gasteiger partial charge is 0.481 e. The van der Waals surface area contributed by atoms with Gasteiger partial charge in [0.2, 0.25) is 5.91 Å². The predicted octanol–water partition coefficient (Wildman–Crippen LogP) is -0.356. The van der Waals surface area contributed by atoms with Crippen LogP contribution in [0.3, 0.4) is 0 Å². The number of urea groups is 1. The Morgan fingerprint density at radius 1 is 1.15 bits per heavy atom. The molecule has 0 aromatic heterocycles. The van der Waals surface area contributed by atoms with Crippen LogP contribution in [0.5, 0.6) is 0 Å². The van der Waals surface area contributed by atoms with E-state index >= 15 is 0 Å². The van der Waals surface area contributed by atoms with Crippen molar-refractivity contribution >= 4 is 27.7 Å². The lowest BCUT2D eigenvalue weighted by Crippen LogP contribution is -2.44. The smallest absolute Gasteiger partial charge is 0.321 e. The summed E-state index contributed by atoms with van der Waals surface area (Å²) < 4.78 is 22.4. The Balaban J connectivity index is 2.18. The highest BCUT2D eigenvalue weighted by atomic mass is 32.2. The van der Waals surface area contributed by atoms with E-state index in [9.17, 15) is 22.8 Å². The van der Waals surface area contributed by atoms with Gasteiger partial charge in [-0.2, -0.15) is 0 Å². The highest BCUT2D eigenvalue weighted by molar-refractivity contribution is 7.91. The number of carboxylic acid groups (broad SMARTS) is 1. The number of aliphatic carboxylic acids is 1. The molecule has 0 aliphatic carbocycles. The summed E-state index contributed by atoms with van der Waals surface area (Å²) in [7, 11) is -3.08. The van der Waals surface area contributed by atoms with Crippen LogP contribution in [0, 0.1) is 0 Å². The summed E-state index contributed by atoms with van der Waals surface area (Å²) in [5, 5.41) is 12.9. The molecule has 0 aromatic carbocycles. The molecule has 1 rings (SSSR count). The van der Waals surface area contributed by atoms with Crippen LogP contribution in [0.25, 0.3) is 0 Å². The third-order valence-electron chi connectivity index (χ3n) is 2.87. The van der Waals surface area contributed by atoms with Crippen molar-refractivity contribution in [3.8, 4) is 0 Å². The molecule has 114 valence electrons. The molecule has 8 nitrogen and oxygen atoms in total. The van der Waals surface area contributed by atoms with Crippen molar-refractivity contribution < 1.29 is 27.9 Å². The molecule has 1 aliphatic heterocycles. The van der Waals surface area contributed by atoms with Gasteiger partial charge in [0.05, 0.1) is 11.5 Å². The molecule has 1 heterocycles. The summed E-state index contributed by atoms with van der Waals surface area (Å²) in [5.41, 5.74) is 0. The zero-order valence-corrected chi connectivity index (χ0v) is 11.7. The fourth-order valence-corrected chi connectivity index (χ4v) is 3.55. The first-order chi connectivity index (χ1) is 9.28. The number of carbonyl (C=O) groups is 3. The van der Waals surface area contributed by atoms with Gasteiger partial charge in [0.1, 0.15) is 0 Å². The number of carboxylic acids is 1. The maximum atomic E-state index is 11.4. The highest BCUT2D eigenvalue weighted by Gasteiger charge is 2.29. The standard InChI is InChI=1S/C11H18N2O6S/c14-9(3-1-2-4-10(15)16)13-11(17)12-8-5-6-20(18,19)7-8/h8H,1-7H2,(H,15,16)(H2,12,13,14,17). The summed E-state index contributed by atoms with van der Waals surface area (Å²) in [6.07, 6.45) is 1.14. The van der Waals surface area contributed by atoms with Crippen molar-refractivity contribution in [1.29, 1.82) is 0 Å². The number of rotatable bonds is 6. The summed E-state index contributed by atoms with van der Waals surface area (Å²) in [6, 6.07) is -1.17. The number of hydrogen-bond acceptors (Lipinski definition) is 5. The fraction of sp³-hybridized carbons (Fsp3) is 0.727. The van der Waals surface area contributed by atoms with Crippen molar-refractivity contribution in [2.45, 2.75) is 38.1 Å². The minimum atomic E-state index is -3.08. The van der Waals surface area contributed by atoms with Gasteiger partial charge in [-0.15, -0.1) is 0 Å². The maximum Gasteiger partial charge on any atom is 0.321 e. The van der Waals surface area contributed by atoms with Gasteiger partial charge in [-0.3, -0.25) is 14.9 Å². The van der Waals surface area contributed by atoms with Gasteiger partial charge in [0.25, 0.3) is 0 Å². The van der Waals surface area contributed by atoms with Crippen molar-refractivity contribution in [1.82, 2.24) is 10.6 Å². The summed E-state index contributed by atoms with van der Waals surface area (Å²) in [5.74, 6) is -1.49. The van der Waals surface area contributed by atoms with Gasteiger partial charge >= 0.3 is 12.0 Å². The van der Waals surface area contributed by atoms with E-state index in [1.807, 2.05) is 0 Å². The minimum absolute atomic E-state index is 0.0145. The van der Waals surface area contributed by atoms with E-state index in [0.29, 0.717) is 19.3 Å². The second-order valence-electron chi connectivity index (χ2n) is 4.72. The van der Waals surface area contributed by atoms with Crippen molar-refractivity contribution in [2.24, 2.45) is 0 Å². The molecule has 3 N–H and O–H groups in total. The Morgan fingerprint density at radius 3 is 2.35 bits per heavy atom. The number of hydrogen-bond donors (Lipinski definition) is 3. The van der Waals surface area contributed by atoms with Gasteiger partial charge in [-0.25, -0.2) is 13.2 Å². The number of amides is 3. The topological polar surface area (TPSA) is 130 Å². The van der Waals surface area contributed by atoms with Crippen LogP contribution in [0.15, 0.2) is 0 Å². The lowest BCUT2D eigenvalue weighted by atomic mass is 10.2. The first-order valence-corrected chi connectivity index (χ1v) is 8.13. The normalized spacial score (nSPS) is 20.3. The van der Waals surface area contributed by atoms with E-state index in [-0.39, 0.29) is 24.3 Å². The molecular formula is C11H18N2O6S. The van der Waals surface area contributed by atoms with Crippen LogP contribution in [0.4, 0.5) is 4.79 Å². The third kappa shape index (κ3) is 6.50. The first kappa shape index (κ1) is 16.4. The zero-order chi connectivity index (χ0) is 15.2. The van der Waals surface area contributed by atoms with Crippen LogP contribution < -0.4 is 10.6 Å². The number of carbonyl (C=O) groups excluding carboxylic acids is 2. The molecular weight excluding hydrogens is 288 g/mol. The van der Waals surface area contributed by atoms with Crippen molar-refractivity contribution in [2.75, 3.05) is 11.5 Å². The Morgan fingerprint density at radius 2 is 1.80 bits per heavy atom. The molecule has 1 saturated heterocycles. The Bertz CT molecular complexity index is 487. The monoisotopic (exact) mass is 306 g/mol. The van der Waals surface area contributed by atoms with Crippen molar-refractivity contribution in [3.63, 3.8) is 0 Å². The molecule has 20 heavy (non-hydrogen) atoms. The molecule has 1 fully saturated rings. The molecule has 1 atom stereocenters. The first-order valence-electron chi connectivity index (χ1n) is 6.31. The van der Waals surface area contributed by atoms with Crippen molar-refractivity contribution in [3.05, 3.63) is 0 Å². The van der Waals surface area contributed by atoms with Crippen LogP contribution in [0.1, 0.15) is 32.1 Å². The molecule has 0 saturated carbocycles. The van der Waals surface area contributed by atoms with Gasteiger partial charge in [0.15, 0.2) is 9.84 Å². The lowest BCUT2D eigenvalue weighted by molar-refractivity contribution is -0.137. The van der Waals surface area contributed by atoms with Gasteiger partial charge in [-0.05, 0) is 19.3 Å². The SMILES string of the molecule is O=C(O)CCCCC(=O)NC(=O)NC1CCS(=O)(=O)C1. The quantitative estimate of drug-likeness (QED) is 0.575. The molecule has 3 amide bonds. The minimum Gasteiger partial charge on any atom is -0.481 e. The number of nitrogens with one attached hydrogen (secondary N) is 2. The Labute approximate surface area is 116 Å². The van der Waals surface area contributed by atoms with E-state index < -0.39 is 33.8 Å². The average Bonchev–Trinajstić information content (AvgIpc) is 2.63. The van der Waals surface area contributed by atoms with Gasteiger partial charge in [0, 0.05) is 18.9 Å². The van der Waals surface area contributed by atoms with E-state index in [1.165, 1.54) is 0 Å². The number of unbranched alkanes of at least 4 members (excludes halogenated alkanes) is 1. The van der Waals surface area contributed by atoms with Gasteiger partial charge in [-0.1, -0.05) is 0 Å². The summed E-state index contributed by atoms with van der Waals surface area (Å²) in [4.78, 5) is 33.0. The van der Waals surface area contributed by atoms with Crippen LogP contribution in [-0.4, -0.2) is 49.0 Å². The van der Waals surface area contributed by atoms with E-state index in [0.717, 1.165) is 0 Å². The fourth-order valence-electron chi connectivity index (χ4n) is 1.88. The van der Waals surface area contributed by atoms with Crippen LogP contribution >= 0.6 is 0 Å². The number of imide groups is 1. The van der Waals surface area contributed by atoms with E-state index in [2.05, 4.69) is 10.6 Å². The molecule has 9 heteroatoms. The Hall–Kier alpha value is -1.64. The molecule has 1 unspecified atom stereocenters. The summed E-state index contributed by atoms with van der Waals surface area (Å²) in [6.45, 7) is 0. The molecule has 0 spiro atoms. The Kier molecular flexibility index (Phi) is 5.93. The third-order valence-corrected chi connectivity index (χ3v) is 4.63. The van der Waals surface area contributed by atoms with Crippen LogP contribution in [-0.2, 0) is 19.4 Å². The maximum absolute atomic E-state index is 11.4. The molecule has 0 radical (unpaired) electrons. The van der Waals surface area contributed by atoms with Gasteiger partial charge < -0.3 is 10.4 Å². The summed E-state index contributed by atoms with van der Waals surface area (Å²) >= 11 is 0. The zero-order valence-electron chi connectivity index (χ0n) is 10.9. The molecule has 0 aromatic rings. The average molecular weight is 306 g/mol. The second kappa shape index (κ2) is 7.22. The highest BCUT2D eigenvalue weighted by Crippen LogP contribution is 2.10. The molecule has 1 aliphatic rings. The van der Waals surface area contributed by atoms with Crippen LogP contribution in [0.2, 0.25) is 0 Å². The predicted molar refractivity (Wildman–Crippen MR) is 69.8 cm³/mol. The lowest BCUT2D eigenvalue weighted by Gasteiger charge is -2.11. The molecule has 0 bridgehead atoms.